The molecule has 9 heteroatoms. The number of hydrogen-bond acceptors (Lipinski definition) is 8. The third-order valence-electron chi connectivity index (χ3n) is 10.1. The highest BCUT2D eigenvalue weighted by atomic mass is 16.6. The maximum atomic E-state index is 13.4. The number of Topliss-reactive ketones (excluding diaryl/α,β-unsaturated/α-hetero) is 1. The highest BCUT2D eigenvalue weighted by Crippen LogP contribution is 2.66. The number of carbonyl (C=O) groups excluding carboxylic acids is 2. The second-order valence-corrected chi connectivity index (χ2v) is 12.1. The molecule has 8 atom stereocenters. The van der Waals surface area contributed by atoms with Crippen molar-refractivity contribution in [1.82, 2.24) is 0 Å². The monoisotopic (exact) mass is 512 g/mol. The third-order valence-corrected chi connectivity index (χ3v) is 10.1. The average Bonchev–Trinajstić information content (AvgIpc) is 3.35. The standard InChI is InChI=1S/C28H37BO8/c1-5-26(3)13-22(37-23(32)15-35-18-7-6-17-14-36-29(34)19(17)10-18)27(4)16(2)8-9-28(12-21(26)31)11-20(30)24(33)25(27)28/h5-7,10,16,20-22,25,30-31,34H,1,8-9,11-15H2,2-4H3/t16-,20+,21+,22-,25+,26-,27+,28+/m1/s1. The van der Waals surface area contributed by atoms with Gasteiger partial charge in [-0.15, -0.1) is 6.58 Å². The Labute approximate surface area is 218 Å². The average molecular weight is 512 g/mol. The number of aliphatic hydroxyl groups excluding tert-OH is 2. The molecule has 5 rings (SSSR count). The van der Waals surface area contributed by atoms with Crippen LogP contribution >= 0.6 is 0 Å². The highest BCUT2D eigenvalue weighted by Gasteiger charge is 2.68. The van der Waals surface area contributed by atoms with Gasteiger partial charge in [0.05, 0.1) is 12.7 Å². The molecule has 3 fully saturated rings. The molecule has 3 saturated carbocycles. The summed E-state index contributed by atoms with van der Waals surface area (Å²) >= 11 is 0. The molecule has 3 aliphatic carbocycles. The van der Waals surface area contributed by atoms with E-state index in [1.54, 1.807) is 24.3 Å². The predicted octanol–water partition coefficient (Wildman–Crippen LogP) is 1.91. The van der Waals surface area contributed by atoms with Crippen LogP contribution < -0.4 is 10.2 Å². The van der Waals surface area contributed by atoms with Crippen LogP contribution in [0, 0.1) is 28.1 Å². The van der Waals surface area contributed by atoms with E-state index >= 15 is 0 Å². The zero-order chi connectivity index (χ0) is 26.8. The predicted molar refractivity (Wildman–Crippen MR) is 136 cm³/mol. The van der Waals surface area contributed by atoms with Gasteiger partial charge in [-0.25, -0.2) is 4.79 Å². The Balaban J connectivity index is 1.42. The quantitative estimate of drug-likeness (QED) is 0.311. The number of rotatable bonds is 5. The van der Waals surface area contributed by atoms with Crippen LogP contribution in [0.5, 0.6) is 5.75 Å². The summed E-state index contributed by atoms with van der Waals surface area (Å²) in [6, 6.07) is 5.16. The van der Waals surface area contributed by atoms with Crippen LogP contribution in [-0.2, 0) is 25.6 Å². The summed E-state index contributed by atoms with van der Waals surface area (Å²) in [6.07, 6.45) is 1.75. The summed E-state index contributed by atoms with van der Waals surface area (Å²) in [5.41, 5.74) is -0.530. The van der Waals surface area contributed by atoms with Crippen molar-refractivity contribution in [3.05, 3.63) is 36.4 Å². The number of aliphatic hydroxyl groups is 2. The van der Waals surface area contributed by atoms with Gasteiger partial charge in [-0.3, -0.25) is 4.79 Å². The minimum absolute atomic E-state index is 0.0566. The van der Waals surface area contributed by atoms with Crippen molar-refractivity contribution >= 4 is 24.3 Å². The van der Waals surface area contributed by atoms with Gasteiger partial charge in [-0.05, 0) is 66.6 Å². The van der Waals surface area contributed by atoms with Crippen LogP contribution in [0.15, 0.2) is 30.9 Å². The van der Waals surface area contributed by atoms with Gasteiger partial charge in [0.2, 0.25) is 0 Å². The van der Waals surface area contributed by atoms with Gasteiger partial charge in [-0.1, -0.05) is 32.9 Å². The lowest BCUT2D eigenvalue weighted by molar-refractivity contribution is -0.196. The summed E-state index contributed by atoms with van der Waals surface area (Å²) in [5.74, 6) is -0.838. The largest absolute Gasteiger partial charge is 0.491 e. The Morgan fingerprint density at radius 2 is 2.03 bits per heavy atom. The van der Waals surface area contributed by atoms with Crippen molar-refractivity contribution in [2.45, 2.75) is 77.8 Å². The molecule has 1 aromatic carbocycles. The number of ether oxygens (including phenoxy) is 2. The molecule has 1 aliphatic heterocycles. The van der Waals surface area contributed by atoms with E-state index in [-0.39, 0.29) is 18.3 Å². The van der Waals surface area contributed by atoms with Crippen molar-refractivity contribution in [3.8, 4) is 5.75 Å². The summed E-state index contributed by atoms with van der Waals surface area (Å²) in [6.45, 7) is 9.95. The van der Waals surface area contributed by atoms with Crippen LogP contribution in [0.4, 0.5) is 0 Å². The maximum Gasteiger partial charge on any atom is 0.491 e. The topological polar surface area (TPSA) is 123 Å². The lowest BCUT2D eigenvalue weighted by atomic mass is 9.46. The number of benzene rings is 1. The van der Waals surface area contributed by atoms with E-state index in [0.717, 1.165) is 18.4 Å². The van der Waals surface area contributed by atoms with Gasteiger partial charge in [0, 0.05) is 16.7 Å². The van der Waals surface area contributed by atoms with Crippen LogP contribution in [0.2, 0.25) is 0 Å². The first-order valence-corrected chi connectivity index (χ1v) is 13.2. The normalized spacial score (nSPS) is 40.9. The Hall–Kier alpha value is -2.20. The van der Waals surface area contributed by atoms with Crippen LogP contribution in [0.3, 0.4) is 0 Å². The van der Waals surface area contributed by atoms with E-state index in [9.17, 15) is 24.8 Å². The van der Waals surface area contributed by atoms with E-state index in [1.807, 2.05) is 13.8 Å². The summed E-state index contributed by atoms with van der Waals surface area (Å²) in [7, 11) is -1.02. The van der Waals surface area contributed by atoms with E-state index < -0.39 is 53.6 Å². The molecule has 2 bridgehead atoms. The Bertz CT molecular complexity index is 1110. The minimum Gasteiger partial charge on any atom is -0.482 e. The van der Waals surface area contributed by atoms with Crippen molar-refractivity contribution in [2.75, 3.05) is 6.61 Å². The van der Waals surface area contributed by atoms with Gasteiger partial charge < -0.3 is 29.4 Å². The lowest BCUT2D eigenvalue weighted by Crippen LogP contribution is -2.60. The smallest absolute Gasteiger partial charge is 0.482 e. The zero-order valence-corrected chi connectivity index (χ0v) is 21.8. The molecule has 0 unspecified atom stereocenters. The number of esters is 1. The molecular weight excluding hydrogens is 475 g/mol. The van der Waals surface area contributed by atoms with E-state index in [4.69, 9.17) is 14.1 Å². The van der Waals surface area contributed by atoms with Gasteiger partial charge in [0.25, 0.3) is 0 Å². The number of fused-ring (bicyclic) bond motifs is 1. The summed E-state index contributed by atoms with van der Waals surface area (Å²) in [5, 5.41) is 32.0. The summed E-state index contributed by atoms with van der Waals surface area (Å²) in [4.78, 5) is 26.6. The van der Waals surface area contributed by atoms with Crippen molar-refractivity contribution in [2.24, 2.45) is 28.1 Å². The fourth-order valence-electron chi connectivity index (χ4n) is 7.60. The molecule has 0 amide bonds. The molecule has 3 N–H and O–H groups in total. The molecule has 0 aromatic heterocycles. The van der Waals surface area contributed by atoms with Gasteiger partial charge >= 0.3 is 13.1 Å². The molecule has 1 heterocycles. The van der Waals surface area contributed by atoms with Gasteiger partial charge in [0.1, 0.15) is 18.0 Å². The first kappa shape index (κ1) is 26.4. The molecule has 8 nitrogen and oxygen atoms in total. The molecule has 4 aliphatic rings. The Morgan fingerprint density at radius 3 is 2.76 bits per heavy atom. The van der Waals surface area contributed by atoms with Crippen molar-refractivity contribution in [3.63, 3.8) is 0 Å². The SMILES string of the molecule is C=C[C@]1(C)C[C@@H](OC(=O)COc2ccc3c(c2)B(O)OC3)[C@]2(C)[C@H](C)CC[C@]3(C[C@H](O)C(=O)[C@H]32)C[C@@H]1O. The van der Waals surface area contributed by atoms with Crippen molar-refractivity contribution in [1.29, 1.82) is 0 Å². The van der Waals surface area contributed by atoms with Gasteiger partial charge in [-0.2, -0.15) is 0 Å². The van der Waals surface area contributed by atoms with E-state index in [2.05, 4.69) is 13.5 Å². The van der Waals surface area contributed by atoms with Crippen LogP contribution in [-0.4, -0.2) is 59.0 Å². The van der Waals surface area contributed by atoms with E-state index in [0.29, 0.717) is 37.1 Å². The van der Waals surface area contributed by atoms with Crippen LogP contribution in [0.1, 0.15) is 58.4 Å². The fraction of sp³-hybridized carbons (Fsp3) is 0.643. The molecule has 0 radical (unpaired) electrons. The second kappa shape index (κ2) is 9.22. The second-order valence-electron chi connectivity index (χ2n) is 12.1. The number of ketones is 1. The number of hydrogen-bond donors (Lipinski definition) is 3. The first-order valence-electron chi connectivity index (χ1n) is 13.2. The van der Waals surface area contributed by atoms with Gasteiger partial charge in [0.15, 0.2) is 12.4 Å². The Kier molecular flexibility index (Phi) is 6.58. The molecule has 37 heavy (non-hydrogen) atoms. The molecule has 200 valence electrons. The van der Waals surface area contributed by atoms with E-state index in [1.165, 1.54) is 0 Å². The first-order chi connectivity index (χ1) is 17.4. The molecule has 1 aromatic rings. The third kappa shape index (κ3) is 4.15. The molecular formula is C28H37BO8. The number of carbonyl (C=O) groups is 2. The maximum absolute atomic E-state index is 13.4. The molecule has 0 saturated heterocycles. The summed E-state index contributed by atoms with van der Waals surface area (Å²) < 4.78 is 17.0. The zero-order valence-electron chi connectivity index (χ0n) is 21.8. The lowest BCUT2D eigenvalue weighted by Gasteiger charge is -2.59. The van der Waals surface area contributed by atoms with Crippen molar-refractivity contribution < 1.29 is 39.0 Å². The Morgan fingerprint density at radius 1 is 1.27 bits per heavy atom. The van der Waals surface area contributed by atoms with Crippen LogP contribution in [0.25, 0.3) is 0 Å². The fourth-order valence-corrected chi connectivity index (χ4v) is 7.60. The molecule has 0 spiro atoms. The highest BCUT2D eigenvalue weighted by molar-refractivity contribution is 6.61. The minimum atomic E-state index is -1.08.